The van der Waals surface area contributed by atoms with E-state index < -0.39 is 29.5 Å². The Balaban J connectivity index is 1.80. The van der Waals surface area contributed by atoms with E-state index in [2.05, 4.69) is 10.6 Å². The minimum absolute atomic E-state index is 0.137. The molecule has 1 aliphatic heterocycles. The molecular weight excluding hydrogens is 387 g/mol. The monoisotopic (exact) mass is 406 g/mol. The molecule has 6 nitrogen and oxygen atoms in total. The second kappa shape index (κ2) is 7.67. The molecule has 0 fully saturated rings. The first kappa shape index (κ1) is 19.9. The summed E-state index contributed by atoms with van der Waals surface area (Å²) in [5.41, 5.74) is 0.541. The van der Waals surface area contributed by atoms with E-state index in [4.69, 9.17) is 21.1 Å². The van der Waals surface area contributed by atoms with E-state index in [-0.39, 0.29) is 17.2 Å². The summed E-state index contributed by atoms with van der Waals surface area (Å²) in [5.74, 6) is -0.429. The Kier molecular flexibility index (Phi) is 5.47. The van der Waals surface area contributed by atoms with Gasteiger partial charge in [-0.3, -0.25) is 4.79 Å². The van der Waals surface area contributed by atoms with Gasteiger partial charge in [-0.25, -0.2) is 9.18 Å². The van der Waals surface area contributed by atoms with Gasteiger partial charge < -0.3 is 20.1 Å². The van der Waals surface area contributed by atoms with Crippen LogP contribution in [0.2, 0.25) is 5.02 Å². The third-order valence-corrected chi connectivity index (χ3v) is 4.22. The van der Waals surface area contributed by atoms with E-state index in [1.54, 1.807) is 39.0 Å². The van der Waals surface area contributed by atoms with E-state index in [1.165, 1.54) is 18.2 Å². The summed E-state index contributed by atoms with van der Waals surface area (Å²) >= 11 is 6.05. The van der Waals surface area contributed by atoms with Crippen LogP contribution in [0.15, 0.2) is 36.4 Å². The number of hydrogen-bond acceptors (Lipinski definition) is 4. The van der Waals surface area contributed by atoms with Gasteiger partial charge in [0.15, 0.2) is 5.75 Å². The smallest absolute Gasteiger partial charge is 0.408 e. The van der Waals surface area contributed by atoms with Gasteiger partial charge in [0.25, 0.3) is 0 Å². The van der Waals surface area contributed by atoms with Gasteiger partial charge in [0.1, 0.15) is 23.2 Å². The molecule has 3 rings (SSSR count). The van der Waals surface area contributed by atoms with E-state index in [0.717, 1.165) is 5.56 Å². The first-order valence-electron chi connectivity index (χ1n) is 8.67. The number of carbonyl (C=O) groups is 2. The van der Waals surface area contributed by atoms with Crippen LogP contribution < -0.4 is 15.4 Å². The van der Waals surface area contributed by atoms with E-state index in [1.807, 2.05) is 0 Å². The molecular formula is C20H20ClFN2O4. The molecule has 0 saturated carbocycles. The maximum atomic E-state index is 13.5. The zero-order chi connectivity index (χ0) is 20.5. The van der Waals surface area contributed by atoms with Gasteiger partial charge in [0.2, 0.25) is 5.91 Å². The lowest BCUT2D eigenvalue weighted by atomic mass is 9.98. The molecule has 0 bridgehead atoms. The normalized spacial score (nSPS) is 16.0. The molecule has 2 amide bonds. The lowest BCUT2D eigenvalue weighted by Gasteiger charge is -2.28. The molecule has 0 radical (unpaired) electrons. The second-order valence-electron chi connectivity index (χ2n) is 7.36. The quantitative estimate of drug-likeness (QED) is 0.777. The fourth-order valence-corrected chi connectivity index (χ4v) is 2.89. The highest BCUT2D eigenvalue weighted by Crippen LogP contribution is 2.38. The number of carbonyl (C=O) groups excluding carboxylic acids is 2. The highest BCUT2D eigenvalue weighted by molar-refractivity contribution is 6.32. The van der Waals surface area contributed by atoms with Gasteiger partial charge in [0, 0.05) is 12.5 Å². The van der Waals surface area contributed by atoms with Crippen molar-refractivity contribution in [3.05, 3.63) is 52.8 Å². The molecule has 0 saturated heterocycles. The number of rotatable bonds is 3. The predicted octanol–water partition coefficient (Wildman–Crippen LogP) is 4.66. The molecule has 1 aliphatic rings. The van der Waals surface area contributed by atoms with Crippen LogP contribution in [0.4, 0.5) is 14.9 Å². The lowest BCUT2D eigenvalue weighted by molar-refractivity contribution is -0.118. The molecule has 0 unspecified atom stereocenters. The van der Waals surface area contributed by atoms with E-state index >= 15 is 0 Å². The number of fused-ring (bicyclic) bond motifs is 1. The minimum atomic E-state index is -0.782. The molecule has 1 atom stereocenters. The maximum Gasteiger partial charge on any atom is 0.408 e. The summed E-state index contributed by atoms with van der Waals surface area (Å²) in [6, 6.07) is 8.18. The number of alkyl carbamates (subject to hydrolysis) is 1. The highest BCUT2D eigenvalue weighted by atomic mass is 35.5. The lowest BCUT2D eigenvalue weighted by Crippen LogP contribution is -2.49. The van der Waals surface area contributed by atoms with E-state index in [9.17, 15) is 14.0 Å². The van der Waals surface area contributed by atoms with Crippen LogP contribution in [-0.2, 0) is 16.0 Å². The van der Waals surface area contributed by atoms with Crippen molar-refractivity contribution in [2.24, 2.45) is 0 Å². The molecule has 1 heterocycles. The molecule has 2 aromatic rings. The largest absolute Gasteiger partial charge is 0.453 e. The Bertz CT molecular complexity index is 927. The summed E-state index contributed by atoms with van der Waals surface area (Å²) in [5, 5.41) is 5.54. The van der Waals surface area contributed by atoms with Gasteiger partial charge in [-0.05, 0) is 44.5 Å². The third kappa shape index (κ3) is 4.72. The van der Waals surface area contributed by atoms with E-state index in [0.29, 0.717) is 11.4 Å². The minimum Gasteiger partial charge on any atom is -0.453 e. The topological polar surface area (TPSA) is 76.7 Å². The second-order valence-corrected chi connectivity index (χ2v) is 7.77. The van der Waals surface area contributed by atoms with Crippen LogP contribution in [0, 0.1) is 5.82 Å². The molecule has 8 heteroatoms. The molecule has 0 aliphatic carbocycles. The first-order chi connectivity index (χ1) is 13.1. The summed E-state index contributed by atoms with van der Waals surface area (Å²) in [4.78, 5) is 24.4. The summed E-state index contributed by atoms with van der Waals surface area (Å²) in [7, 11) is 0. The summed E-state index contributed by atoms with van der Waals surface area (Å²) in [6.07, 6.45) is -0.413. The van der Waals surface area contributed by atoms with Crippen LogP contribution in [0.5, 0.6) is 11.5 Å². The van der Waals surface area contributed by atoms with Crippen molar-refractivity contribution in [1.82, 2.24) is 5.32 Å². The Labute approximate surface area is 167 Å². The van der Waals surface area contributed by atoms with Gasteiger partial charge in [0.05, 0.1) is 10.7 Å². The fourth-order valence-electron chi connectivity index (χ4n) is 2.74. The van der Waals surface area contributed by atoms with Crippen molar-refractivity contribution in [3.63, 3.8) is 0 Å². The fraction of sp³-hybridized carbons (Fsp3) is 0.300. The van der Waals surface area contributed by atoms with Crippen molar-refractivity contribution >= 4 is 29.3 Å². The number of nitrogens with one attached hydrogen (secondary N) is 2. The maximum absolute atomic E-state index is 13.5. The van der Waals surface area contributed by atoms with Crippen LogP contribution in [-0.4, -0.2) is 23.6 Å². The number of benzene rings is 2. The van der Waals surface area contributed by atoms with Crippen molar-refractivity contribution in [2.45, 2.75) is 38.8 Å². The Morgan fingerprint density at radius 1 is 1.25 bits per heavy atom. The number of hydrogen-bond donors (Lipinski definition) is 2. The van der Waals surface area contributed by atoms with Crippen LogP contribution >= 0.6 is 11.6 Å². The molecule has 2 aromatic carbocycles. The molecule has 148 valence electrons. The zero-order valence-electron chi connectivity index (χ0n) is 15.6. The van der Waals surface area contributed by atoms with Crippen molar-refractivity contribution < 1.29 is 23.5 Å². The van der Waals surface area contributed by atoms with Gasteiger partial charge in [-0.2, -0.15) is 0 Å². The highest BCUT2D eigenvalue weighted by Gasteiger charge is 2.31. The standard InChI is InChI=1S/C20H20ClFN2O4/c1-20(2,3)28-19(26)23-14-9-11-5-4-6-15(17(11)24-18(14)25)27-16-10-12(22)7-8-13(16)21/h4-8,10,14H,9H2,1-3H3,(H,23,26)(H,24,25)/t14-/m1/s1. The van der Waals surface area contributed by atoms with Crippen molar-refractivity contribution in [1.29, 1.82) is 0 Å². The van der Waals surface area contributed by atoms with Crippen LogP contribution in [0.1, 0.15) is 26.3 Å². The number of para-hydroxylation sites is 1. The summed E-state index contributed by atoms with van der Waals surface area (Å²) < 4.78 is 24.4. The van der Waals surface area contributed by atoms with Crippen LogP contribution in [0.25, 0.3) is 0 Å². The molecule has 28 heavy (non-hydrogen) atoms. The number of amides is 2. The summed E-state index contributed by atoms with van der Waals surface area (Å²) in [6.45, 7) is 5.22. The third-order valence-electron chi connectivity index (χ3n) is 3.91. The van der Waals surface area contributed by atoms with Gasteiger partial charge in [-0.15, -0.1) is 0 Å². The number of anilines is 1. The number of halogens is 2. The van der Waals surface area contributed by atoms with Gasteiger partial charge >= 0.3 is 6.09 Å². The number of ether oxygens (including phenoxy) is 2. The Hall–Kier alpha value is -2.80. The predicted molar refractivity (Wildman–Crippen MR) is 103 cm³/mol. The Morgan fingerprint density at radius 3 is 2.71 bits per heavy atom. The van der Waals surface area contributed by atoms with Crippen LogP contribution in [0.3, 0.4) is 0 Å². The first-order valence-corrected chi connectivity index (χ1v) is 9.05. The molecule has 2 N–H and O–H groups in total. The average molecular weight is 407 g/mol. The molecule has 0 spiro atoms. The van der Waals surface area contributed by atoms with Crippen molar-refractivity contribution in [3.8, 4) is 11.5 Å². The average Bonchev–Trinajstić information content (AvgIpc) is 2.58. The Morgan fingerprint density at radius 2 is 2.00 bits per heavy atom. The van der Waals surface area contributed by atoms with Crippen molar-refractivity contribution in [2.75, 3.05) is 5.32 Å². The molecule has 0 aromatic heterocycles. The SMILES string of the molecule is CC(C)(C)OC(=O)N[C@@H]1Cc2cccc(Oc3cc(F)ccc3Cl)c2NC1=O. The van der Waals surface area contributed by atoms with Gasteiger partial charge in [-0.1, -0.05) is 23.7 Å². The zero-order valence-corrected chi connectivity index (χ0v) is 16.4.